The molecule has 6 nitrogen and oxygen atoms in total. The molecule has 0 rings (SSSR count). The molecule has 0 aliphatic carbocycles. The Labute approximate surface area is 94.0 Å². The maximum atomic E-state index is 11.0. The molecule has 0 aromatic heterocycles. The Morgan fingerprint density at radius 2 is 2.29 bits per heavy atom. The van der Waals surface area contributed by atoms with Crippen molar-refractivity contribution in [2.24, 2.45) is 3.95 Å². The predicted octanol–water partition coefficient (Wildman–Crippen LogP) is -3.43. The number of halogens is 1. The van der Waals surface area contributed by atoms with Crippen LogP contribution in [0.3, 0.4) is 0 Å². The van der Waals surface area contributed by atoms with Gasteiger partial charge in [-0.05, 0) is 0 Å². The minimum absolute atomic E-state index is 0.0328. The molecular weight excluding hydrogens is 324 g/mol. The van der Waals surface area contributed by atoms with Gasteiger partial charge in [0.25, 0.3) is 0 Å². The fraction of sp³-hybridized carbons (Fsp3) is 1.00. The minimum atomic E-state index is -4.24. The average Bonchev–Trinajstić information content (AvgIpc) is 2.01. The molecule has 0 aliphatic rings. The monoisotopic (exact) mass is 339 g/mol. The van der Waals surface area contributed by atoms with E-state index in [9.17, 15) is 9.46 Å². The summed E-state index contributed by atoms with van der Waals surface area (Å²) in [5, 5.41) is 9.03. The zero-order valence-electron chi connectivity index (χ0n) is 8.05. The number of nitrogens with two attached hydrogens (primary N) is 1. The Morgan fingerprint density at radius 3 is 2.64 bits per heavy atom. The summed E-state index contributed by atoms with van der Waals surface area (Å²) in [4.78, 5) is 11.0. The van der Waals surface area contributed by atoms with Gasteiger partial charge in [-0.15, -0.1) is 0 Å². The first kappa shape index (κ1) is 14.8. The van der Waals surface area contributed by atoms with Crippen LogP contribution in [-0.4, -0.2) is 21.9 Å². The number of hydrogen-bond donors (Lipinski definition) is 2. The first-order valence-electron chi connectivity index (χ1n) is 4.05. The topological polar surface area (TPSA) is 105 Å². The van der Waals surface area contributed by atoms with Crippen molar-refractivity contribution in [3.63, 3.8) is 0 Å². The molecule has 88 valence electrons. The molecule has 0 fully saturated rings. The van der Waals surface area contributed by atoms with E-state index in [0.29, 0.717) is 0 Å². The van der Waals surface area contributed by atoms with Crippen LogP contribution in [0, 0.1) is 0 Å². The number of phosphoric ester groups is 1. The third-order valence-corrected chi connectivity index (χ3v) is 4.25. The van der Waals surface area contributed by atoms with Gasteiger partial charge in [0.05, 0.1) is 0 Å². The molecule has 0 heterocycles. The van der Waals surface area contributed by atoms with Gasteiger partial charge in [0.2, 0.25) is 0 Å². The van der Waals surface area contributed by atoms with Crippen LogP contribution in [0.15, 0.2) is 0 Å². The third-order valence-electron chi connectivity index (χ3n) is 1.20. The van der Waals surface area contributed by atoms with Crippen molar-refractivity contribution < 1.29 is 45.1 Å². The third kappa shape index (κ3) is 7.10. The average molecular weight is 339 g/mol. The number of aliphatic hydroxyl groups is 1. The molecule has 0 saturated carbocycles. The quantitative estimate of drug-likeness (QED) is 0.217. The van der Waals surface area contributed by atoms with Gasteiger partial charge in [0, 0.05) is 0 Å². The van der Waals surface area contributed by atoms with E-state index in [0.717, 1.165) is 0 Å². The van der Waals surface area contributed by atoms with Crippen molar-refractivity contribution in [2.75, 3.05) is 6.61 Å². The first-order chi connectivity index (χ1) is 6.41. The number of rotatable bonds is 7. The van der Waals surface area contributed by atoms with Gasteiger partial charge in [0.15, 0.2) is 0 Å². The van der Waals surface area contributed by atoms with Gasteiger partial charge in [-0.25, -0.2) is 0 Å². The second-order valence-electron chi connectivity index (χ2n) is 2.59. The van der Waals surface area contributed by atoms with E-state index in [-0.39, 0.29) is 13.0 Å². The Kier molecular flexibility index (Phi) is 7.49. The summed E-state index contributed by atoms with van der Waals surface area (Å²) in [6.45, 7) is 3.13. The second-order valence-corrected chi connectivity index (χ2v) is 6.06. The van der Waals surface area contributed by atoms with Gasteiger partial charge in [0.1, 0.15) is 0 Å². The Balaban J connectivity index is 4.09. The van der Waals surface area contributed by atoms with Crippen LogP contribution in [0.5, 0.6) is 0 Å². The zero-order chi connectivity index (χ0) is 11.2. The molecule has 0 saturated heterocycles. The number of alkyl halides is 1. The van der Waals surface area contributed by atoms with Crippen LogP contribution in [0.2, 0.25) is 0 Å². The number of aliphatic hydroxyl groups excluding tert-OH is 1. The molecule has 3 unspecified atom stereocenters. The van der Waals surface area contributed by atoms with Crippen molar-refractivity contribution in [1.82, 2.24) is 0 Å². The Morgan fingerprint density at radius 1 is 1.71 bits per heavy atom. The van der Waals surface area contributed by atoms with E-state index in [4.69, 9.17) is 9.05 Å². The molecule has 0 aromatic rings. The van der Waals surface area contributed by atoms with Crippen LogP contribution in [0.1, 0.15) is 20.3 Å². The summed E-state index contributed by atoms with van der Waals surface area (Å²) in [6, 6.07) is 0. The van der Waals surface area contributed by atoms with E-state index >= 15 is 0 Å². The molecular formula is C6H15INO5P-2. The summed E-state index contributed by atoms with van der Waals surface area (Å²) < 4.78 is 24.9. The first-order valence-corrected chi connectivity index (χ1v) is 8.00. The zero-order valence-corrected chi connectivity index (χ0v) is 11.1. The molecule has 3 N–H and O–H groups in total. The summed E-state index contributed by atoms with van der Waals surface area (Å²) >= 11 is -0.904. The van der Waals surface area contributed by atoms with Crippen molar-refractivity contribution in [2.45, 2.75) is 30.5 Å². The van der Waals surface area contributed by atoms with Crippen LogP contribution >= 0.6 is 7.82 Å². The molecule has 3 atom stereocenters. The molecule has 0 amide bonds. The van der Waals surface area contributed by atoms with Crippen molar-refractivity contribution in [3.8, 4) is 0 Å². The molecule has 0 bridgehead atoms. The van der Waals surface area contributed by atoms with E-state index in [1.807, 2.05) is 0 Å². The summed E-state index contributed by atoms with van der Waals surface area (Å²) in [5.74, 6) is 0. The van der Waals surface area contributed by atoms with Gasteiger partial charge < -0.3 is 0 Å². The van der Waals surface area contributed by atoms with Gasteiger partial charge in [-0.1, -0.05) is 0 Å². The molecule has 0 aromatic carbocycles. The van der Waals surface area contributed by atoms with Crippen molar-refractivity contribution >= 4 is 7.82 Å². The van der Waals surface area contributed by atoms with Gasteiger partial charge >= 0.3 is 94.0 Å². The van der Waals surface area contributed by atoms with Crippen LogP contribution in [-0.2, 0) is 13.6 Å². The summed E-state index contributed by atoms with van der Waals surface area (Å²) in [6.07, 6.45) is -0.423. The Bertz CT molecular complexity index is 203. The predicted molar refractivity (Wildman–Crippen MR) is 44.6 cm³/mol. The fourth-order valence-electron chi connectivity index (χ4n) is 0.714. The Hall–Kier alpha value is 0.760. The van der Waals surface area contributed by atoms with Crippen LogP contribution in [0.4, 0.5) is 0 Å². The van der Waals surface area contributed by atoms with Crippen LogP contribution in [0.25, 0.3) is 0 Å². The number of hydrogen-bond acceptors (Lipinski definition) is 6. The SMILES string of the molecule is CCOP(=O)([O-])OC(CC(C)O)[I-]N. The molecule has 8 heteroatoms. The number of phosphoric acid groups is 1. The van der Waals surface area contributed by atoms with E-state index in [1.165, 1.54) is 0 Å². The summed E-state index contributed by atoms with van der Waals surface area (Å²) in [5.41, 5.74) is 0. The van der Waals surface area contributed by atoms with Crippen LogP contribution < -0.4 is 30.3 Å². The van der Waals surface area contributed by atoms with Gasteiger partial charge in [-0.3, -0.25) is 0 Å². The molecule has 0 spiro atoms. The molecule has 0 aliphatic heterocycles. The molecule has 0 radical (unpaired) electrons. The second kappa shape index (κ2) is 7.10. The van der Waals surface area contributed by atoms with E-state index < -0.39 is 39.5 Å². The van der Waals surface area contributed by atoms with E-state index in [2.05, 4.69) is 9.05 Å². The van der Waals surface area contributed by atoms with Gasteiger partial charge in [-0.2, -0.15) is 0 Å². The maximum absolute atomic E-state index is 11.0. The van der Waals surface area contributed by atoms with E-state index in [1.54, 1.807) is 13.8 Å². The fourth-order valence-corrected chi connectivity index (χ4v) is 3.76. The standard InChI is InChI=1S/C6H16INO5P/c1-3-12-14(10,11)13-6(7-8)4-5(2)9/h5-6,9H,3-4,8H2,1-2H3,(H,10,11)/q-1/p-1. The van der Waals surface area contributed by atoms with Crippen molar-refractivity contribution in [1.29, 1.82) is 0 Å². The molecule has 14 heavy (non-hydrogen) atoms. The van der Waals surface area contributed by atoms with Crippen molar-refractivity contribution in [3.05, 3.63) is 0 Å². The summed E-state index contributed by atoms with van der Waals surface area (Å²) in [7, 11) is -4.24. The normalized spacial score (nSPS) is 20.4.